The van der Waals surface area contributed by atoms with Gasteiger partial charge in [0, 0.05) is 12.4 Å². The van der Waals surface area contributed by atoms with Gasteiger partial charge in [0.2, 0.25) is 5.75 Å². The highest BCUT2D eigenvalue weighted by molar-refractivity contribution is 7.92. The Bertz CT molecular complexity index is 1680. The predicted octanol–water partition coefficient (Wildman–Crippen LogP) is 5.23. The summed E-state index contributed by atoms with van der Waals surface area (Å²) in [6, 6.07) is 13.0. The van der Waals surface area contributed by atoms with Crippen LogP contribution in [0.4, 0.5) is 5.82 Å². The van der Waals surface area contributed by atoms with Gasteiger partial charge in [0.25, 0.3) is 15.9 Å². The maximum absolute atomic E-state index is 13.5. The topological polar surface area (TPSA) is 152 Å². The van der Waals surface area contributed by atoms with E-state index in [0.29, 0.717) is 5.75 Å². The van der Waals surface area contributed by atoms with Crippen LogP contribution in [0.15, 0.2) is 66.0 Å². The molecule has 4 rings (SSSR count). The molecular weight excluding hydrogens is 562 g/mol. The number of hydrogen-bond acceptors (Lipinski definition) is 11. The van der Waals surface area contributed by atoms with Crippen LogP contribution in [0.1, 0.15) is 49.7 Å². The minimum atomic E-state index is -4.28. The number of benzene rings is 1. The minimum Gasteiger partial charge on any atom is -0.493 e. The van der Waals surface area contributed by atoms with Gasteiger partial charge >= 0.3 is 5.97 Å². The van der Waals surface area contributed by atoms with Crippen molar-refractivity contribution in [1.29, 1.82) is 0 Å². The zero-order valence-electron chi connectivity index (χ0n) is 24.0. The van der Waals surface area contributed by atoms with Crippen LogP contribution in [0, 0.1) is 0 Å². The molecule has 12 nitrogen and oxygen atoms in total. The third-order valence-corrected chi connectivity index (χ3v) is 7.08. The van der Waals surface area contributed by atoms with E-state index in [0.717, 1.165) is 5.56 Å². The van der Waals surface area contributed by atoms with E-state index in [1.54, 1.807) is 56.3 Å². The Morgan fingerprint density at radius 2 is 1.62 bits per heavy atom. The number of esters is 1. The first-order chi connectivity index (χ1) is 20.0. The van der Waals surface area contributed by atoms with Gasteiger partial charge in [0.15, 0.2) is 33.9 Å². The number of aromatic nitrogens is 4. The first-order valence-electron chi connectivity index (χ1n) is 13.0. The molecule has 1 N–H and O–H groups in total. The molecule has 0 spiro atoms. The van der Waals surface area contributed by atoms with Crippen molar-refractivity contribution in [3.05, 3.63) is 72.2 Å². The number of carbonyl (C=O) groups is 1. The summed E-state index contributed by atoms with van der Waals surface area (Å²) in [5.41, 5.74) is 0.995. The molecule has 13 heteroatoms. The van der Waals surface area contributed by atoms with Gasteiger partial charge < -0.3 is 18.9 Å². The van der Waals surface area contributed by atoms with Crippen molar-refractivity contribution in [3.8, 4) is 34.5 Å². The molecule has 0 aliphatic carbocycles. The number of hydrogen-bond donors (Lipinski definition) is 1. The van der Waals surface area contributed by atoms with Crippen molar-refractivity contribution >= 4 is 21.8 Å². The fourth-order valence-electron chi connectivity index (χ4n) is 3.75. The summed E-state index contributed by atoms with van der Waals surface area (Å²) in [5, 5.41) is -0.239. The number of pyridine rings is 2. The molecule has 0 bridgehead atoms. The Kier molecular flexibility index (Phi) is 9.21. The highest BCUT2D eigenvalue weighted by Gasteiger charge is 2.27. The quantitative estimate of drug-likeness (QED) is 0.227. The highest BCUT2D eigenvalue weighted by Crippen LogP contribution is 2.41. The summed E-state index contributed by atoms with van der Waals surface area (Å²) in [6.07, 6.45) is 2.52. The van der Waals surface area contributed by atoms with E-state index in [4.69, 9.17) is 18.9 Å². The Hall–Kier alpha value is -4.78. The lowest BCUT2D eigenvalue weighted by Crippen LogP contribution is -2.18. The lowest BCUT2D eigenvalue weighted by Gasteiger charge is -2.18. The van der Waals surface area contributed by atoms with E-state index in [1.165, 1.54) is 32.7 Å². The fraction of sp³-hybridized carbons (Fsp3) is 0.276. The molecule has 0 unspecified atom stereocenters. The Balaban J connectivity index is 1.89. The van der Waals surface area contributed by atoms with Crippen molar-refractivity contribution in [1.82, 2.24) is 19.9 Å². The minimum absolute atomic E-state index is 0.0635. The first-order valence-corrected chi connectivity index (χ1v) is 14.4. The lowest BCUT2D eigenvalue weighted by atomic mass is 10.1. The molecule has 3 heterocycles. The zero-order valence-corrected chi connectivity index (χ0v) is 24.8. The van der Waals surface area contributed by atoms with Crippen LogP contribution in [0.3, 0.4) is 0 Å². The summed E-state index contributed by atoms with van der Waals surface area (Å²) in [5.74, 6) is -0.538. The Morgan fingerprint density at radius 1 is 0.881 bits per heavy atom. The second-order valence-corrected chi connectivity index (χ2v) is 11.2. The standard InChI is InChI=1S/C29H31N5O7S/c1-17(2)19-13-14-23(31-16-19)42(36,37)34-27-25(41-22-12-8-7-11-21(22)38-5)28(39-6)33-26(32-27)20-10-9-15-30-24(20)29(35)40-18(3)4/h7-18H,1-6H3,(H,32,33,34). The largest absolute Gasteiger partial charge is 0.493 e. The third kappa shape index (κ3) is 6.74. The molecule has 0 atom stereocenters. The number of rotatable bonds is 11. The van der Waals surface area contributed by atoms with Crippen molar-refractivity contribution in [2.75, 3.05) is 18.9 Å². The zero-order chi connectivity index (χ0) is 30.4. The van der Waals surface area contributed by atoms with Crippen molar-refractivity contribution < 1.29 is 32.2 Å². The summed E-state index contributed by atoms with van der Waals surface area (Å²) in [4.78, 5) is 30.0. The molecule has 0 saturated heterocycles. The molecule has 0 aliphatic rings. The average molecular weight is 594 g/mol. The van der Waals surface area contributed by atoms with Crippen molar-refractivity contribution in [3.63, 3.8) is 0 Å². The van der Waals surface area contributed by atoms with Gasteiger partial charge in [0.05, 0.1) is 25.9 Å². The Morgan fingerprint density at radius 3 is 2.24 bits per heavy atom. The highest BCUT2D eigenvalue weighted by atomic mass is 32.2. The number of nitrogens with one attached hydrogen (secondary N) is 1. The normalized spacial score (nSPS) is 11.3. The van der Waals surface area contributed by atoms with Gasteiger partial charge in [0.1, 0.15) is 0 Å². The smallest absolute Gasteiger partial charge is 0.357 e. The van der Waals surface area contributed by atoms with Crippen LogP contribution in [-0.2, 0) is 14.8 Å². The second kappa shape index (κ2) is 12.8. The molecule has 1 aromatic carbocycles. The number of anilines is 1. The van der Waals surface area contributed by atoms with Gasteiger partial charge in [-0.2, -0.15) is 13.4 Å². The van der Waals surface area contributed by atoms with Crippen LogP contribution in [0.2, 0.25) is 0 Å². The maximum atomic E-state index is 13.5. The summed E-state index contributed by atoms with van der Waals surface area (Å²) < 4.78 is 51.8. The van der Waals surface area contributed by atoms with E-state index >= 15 is 0 Å². The van der Waals surface area contributed by atoms with Crippen LogP contribution in [-0.4, -0.2) is 54.6 Å². The Labute approximate surface area is 244 Å². The number of para-hydroxylation sites is 2. The summed E-state index contributed by atoms with van der Waals surface area (Å²) in [7, 11) is -1.47. The molecule has 3 aromatic heterocycles. The van der Waals surface area contributed by atoms with Gasteiger partial charge in [-0.05, 0) is 55.7 Å². The van der Waals surface area contributed by atoms with Crippen molar-refractivity contribution in [2.45, 2.75) is 44.7 Å². The molecule has 42 heavy (non-hydrogen) atoms. The van der Waals surface area contributed by atoms with E-state index in [-0.39, 0.29) is 51.2 Å². The number of carbonyl (C=O) groups excluding carboxylic acids is 1. The fourth-order valence-corrected chi connectivity index (χ4v) is 4.69. The van der Waals surface area contributed by atoms with Crippen LogP contribution < -0.4 is 18.9 Å². The average Bonchev–Trinajstić information content (AvgIpc) is 2.97. The first kappa shape index (κ1) is 30.2. The van der Waals surface area contributed by atoms with E-state index in [9.17, 15) is 13.2 Å². The molecule has 0 radical (unpaired) electrons. The lowest BCUT2D eigenvalue weighted by molar-refractivity contribution is 0.0371. The van der Waals surface area contributed by atoms with Gasteiger partial charge in [-0.3, -0.25) is 4.72 Å². The SMILES string of the molecule is COc1ccccc1Oc1c(NS(=O)(=O)c2ccc(C(C)C)cn2)nc(-c2cccnc2C(=O)OC(C)C)nc1OC. The molecule has 0 saturated carbocycles. The number of methoxy groups -OCH3 is 2. The second-order valence-electron chi connectivity index (χ2n) is 9.53. The molecule has 0 fully saturated rings. The van der Waals surface area contributed by atoms with Crippen molar-refractivity contribution in [2.24, 2.45) is 0 Å². The molecule has 0 amide bonds. The van der Waals surface area contributed by atoms with Crippen LogP contribution in [0.25, 0.3) is 11.4 Å². The molecule has 0 aliphatic heterocycles. The van der Waals surface area contributed by atoms with Gasteiger partial charge in [-0.1, -0.05) is 32.0 Å². The van der Waals surface area contributed by atoms with E-state index in [2.05, 4.69) is 24.7 Å². The molecular formula is C29H31N5O7S. The monoisotopic (exact) mass is 593 g/mol. The van der Waals surface area contributed by atoms with E-state index < -0.39 is 22.1 Å². The van der Waals surface area contributed by atoms with Crippen LogP contribution >= 0.6 is 0 Å². The third-order valence-electron chi connectivity index (χ3n) is 5.83. The maximum Gasteiger partial charge on any atom is 0.357 e. The van der Waals surface area contributed by atoms with Gasteiger partial charge in [-0.25, -0.2) is 19.7 Å². The predicted molar refractivity (Wildman–Crippen MR) is 155 cm³/mol. The number of sulfonamides is 1. The number of nitrogens with zero attached hydrogens (tertiary/aromatic N) is 4. The molecule has 220 valence electrons. The molecule has 4 aromatic rings. The van der Waals surface area contributed by atoms with Gasteiger partial charge in [-0.15, -0.1) is 0 Å². The summed E-state index contributed by atoms with van der Waals surface area (Å²) in [6.45, 7) is 7.36. The number of ether oxygens (including phenoxy) is 4. The summed E-state index contributed by atoms with van der Waals surface area (Å²) >= 11 is 0. The van der Waals surface area contributed by atoms with E-state index in [1.807, 2.05) is 13.8 Å². The van der Waals surface area contributed by atoms with Crippen LogP contribution in [0.5, 0.6) is 23.1 Å².